The molecule has 1 aliphatic rings. The SMILES string of the molecule is Cc1ccc(C(=O)C(=O)Nc2ccccc2OC[C@H]2CCCCO2)cc1. The maximum atomic E-state index is 12.3. The fourth-order valence-electron chi connectivity index (χ4n) is 2.83. The largest absolute Gasteiger partial charge is 0.489 e. The average molecular weight is 353 g/mol. The van der Waals surface area contributed by atoms with Crippen LogP contribution in [0.15, 0.2) is 48.5 Å². The van der Waals surface area contributed by atoms with Crippen LogP contribution in [0.5, 0.6) is 5.75 Å². The Labute approximate surface area is 153 Å². The topological polar surface area (TPSA) is 64.6 Å². The lowest BCUT2D eigenvalue weighted by Crippen LogP contribution is -2.26. The van der Waals surface area contributed by atoms with E-state index in [1.165, 1.54) is 0 Å². The summed E-state index contributed by atoms with van der Waals surface area (Å²) in [6, 6.07) is 14.0. The van der Waals surface area contributed by atoms with Crippen LogP contribution in [0, 0.1) is 6.92 Å². The summed E-state index contributed by atoms with van der Waals surface area (Å²) < 4.78 is 11.5. The van der Waals surface area contributed by atoms with Crippen LogP contribution in [0.25, 0.3) is 0 Å². The van der Waals surface area contributed by atoms with E-state index in [1.807, 2.05) is 25.1 Å². The number of Topliss-reactive ketones (excluding diaryl/α,β-unsaturated/α-hetero) is 1. The molecular formula is C21H23NO4. The first kappa shape index (κ1) is 18.1. The number of ketones is 1. The van der Waals surface area contributed by atoms with E-state index in [9.17, 15) is 9.59 Å². The number of benzene rings is 2. The number of rotatable bonds is 6. The molecule has 0 bridgehead atoms. The van der Waals surface area contributed by atoms with Gasteiger partial charge in [-0.2, -0.15) is 0 Å². The molecule has 0 radical (unpaired) electrons. The van der Waals surface area contributed by atoms with Gasteiger partial charge >= 0.3 is 0 Å². The minimum atomic E-state index is -0.682. The summed E-state index contributed by atoms with van der Waals surface area (Å²) in [5.74, 6) is -0.721. The Morgan fingerprint density at radius 3 is 2.62 bits per heavy atom. The van der Waals surface area contributed by atoms with Gasteiger partial charge in [0.25, 0.3) is 11.7 Å². The van der Waals surface area contributed by atoms with Gasteiger partial charge in [0.1, 0.15) is 12.4 Å². The molecule has 0 aromatic heterocycles. The molecule has 1 saturated heterocycles. The van der Waals surface area contributed by atoms with E-state index in [2.05, 4.69) is 5.32 Å². The number of ether oxygens (including phenoxy) is 2. The number of hydrogen-bond acceptors (Lipinski definition) is 4. The Bertz CT molecular complexity index is 764. The second-order valence-corrected chi connectivity index (χ2v) is 6.45. The lowest BCUT2D eigenvalue weighted by molar-refractivity contribution is -0.112. The van der Waals surface area contributed by atoms with Crippen molar-refractivity contribution in [2.45, 2.75) is 32.3 Å². The molecule has 1 heterocycles. The minimum Gasteiger partial charge on any atom is -0.489 e. The highest BCUT2D eigenvalue weighted by Crippen LogP contribution is 2.25. The van der Waals surface area contributed by atoms with Gasteiger partial charge in [-0.1, -0.05) is 42.0 Å². The Morgan fingerprint density at radius 1 is 1.12 bits per heavy atom. The molecule has 1 atom stereocenters. The number of aryl methyl sites for hydroxylation is 1. The van der Waals surface area contributed by atoms with Gasteiger partial charge < -0.3 is 14.8 Å². The highest BCUT2D eigenvalue weighted by Gasteiger charge is 2.19. The number of nitrogens with one attached hydrogen (secondary N) is 1. The average Bonchev–Trinajstić information content (AvgIpc) is 2.68. The molecule has 2 aromatic rings. The number of anilines is 1. The molecule has 2 aromatic carbocycles. The van der Waals surface area contributed by atoms with Crippen LogP contribution in [0.1, 0.15) is 35.2 Å². The summed E-state index contributed by atoms with van der Waals surface area (Å²) in [4.78, 5) is 24.6. The molecule has 3 rings (SSSR count). The first-order chi connectivity index (χ1) is 12.6. The van der Waals surface area contributed by atoms with E-state index in [4.69, 9.17) is 9.47 Å². The quantitative estimate of drug-likeness (QED) is 0.634. The predicted molar refractivity (Wildman–Crippen MR) is 99.7 cm³/mol. The van der Waals surface area contributed by atoms with Crippen molar-refractivity contribution in [1.29, 1.82) is 0 Å². The van der Waals surface area contributed by atoms with E-state index in [-0.39, 0.29) is 6.10 Å². The summed E-state index contributed by atoms with van der Waals surface area (Å²) in [7, 11) is 0. The third-order valence-corrected chi connectivity index (χ3v) is 4.35. The van der Waals surface area contributed by atoms with E-state index >= 15 is 0 Å². The van der Waals surface area contributed by atoms with Crippen molar-refractivity contribution < 1.29 is 19.1 Å². The number of carbonyl (C=O) groups is 2. The second kappa shape index (κ2) is 8.63. The zero-order valence-corrected chi connectivity index (χ0v) is 14.9. The molecule has 1 aliphatic heterocycles. The zero-order chi connectivity index (χ0) is 18.4. The molecular weight excluding hydrogens is 330 g/mol. The third-order valence-electron chi connectivity index (χ3n) is 4.35. The maximum absolute atomic E-state index is 12.3. The van der Waals surface area contributed by atoms with Crippen molar-refractivity contribution in [2.24, 2.45) is 0 Å². The standard InChI is InChI=1S/C21H23NO4/c1-15-9-11-16(12-10-15)20(23)21(24)22-18-7-2-3-8-19(18)26-14-17-6-4-5-13-25-17/h2-3,7-12,17H,4-6,13-14H2,1H3,(H,22,24)/t17-/m1/s1. The predicted octanol–water partition coefficient (Wildman–Crippen LogP) is 3.76. The zero-order valence-electron chi connectivity index (χ0n) is 14.9. The molecule has 0 spiro atoms. The summed E-state index contributed by atoms with van der Waals surface area (Å²) in [5.41, 5.74) is 1.88. The molecule has 136 valence electrons. The Kier molecular flexibility index (Phi) is 6.02. The lowest BCUT2D eigenvalue weighted by Gasteiger charge is -2.23. The van der Waals surface area contributed by atoms with Crippen LogP contribution in [0.2, 0.25) is 0 Å². The summed E-state index contributed by atoms with van der Waals surface area (Å²) in [5, 5.41) is 2.66. The van der Waals surface area contributed by atoms with E-state index in [0.29, 0.717) is 23.6 Å². The highest BCUT2D eigenvalue weighted by atomic mass is 16.5. The first-order valence-electron chi connectivity index (χ1n) is 8.89. The van der Waals surface area contributed by atoms with E-state index in [0.717, 1.165) is 31.4 Å². The fraction of sp³-hybridized carbons (Fsp3) is 0.333. The van der Waals surface area contributed by atoms with Crippen molar-refractivity contribution in [1.82, 2.24) is 0 Å². The summed E-state index contributed by atoms with van der Waals surface area (Å²) in [6.07, 6.45) is 3.27. The van der Waals surface area contributed by atoms with Crippen LogP contribution in [-0.4, -0.2) is 31.0 Å². The Balaban J connectivity index is 1.64. The van der Waals surface area contributed by atoms with Gasteiger partial charge in [0.05, 0.1) is 11.8 Å². The Hall–Kier alpha value is -2.66. The highest BCUT2D eigenvalue weighted by molar-refractivity contribution is 6.46. The van der Waals surface area contributed by atoms with Crippen LogP contribution in [0.4, 0.5) is 5.69 Å². The second-order valence-electron chi connectivity index (χ2n) is 6.45. The van der Waals surface area contributed by atoms with Gasteiger partial charge in [-0.05, 0) is 38.3 Å². The van der Waals surface area contributed by atoms with Crippen molar-refractivity contribution in [2.75, 3.05) is 18.5 Å². The van der Waals surface area contributed by atoms with Crippen LogP contribution in [-0.2, 0) is 9.53 Å². The Morgan fingerprint density at radius 2 is 1.88 bits per heavy atom. The van der Waals surface area contributed by atoms with E-state index in [1.54, 1.807) is 30.3 Å². The molecule has 1 N–H and O–H groups in total. The minimum absolute atomic E-state index is 0.0710. The van der Waals surface area contributed by atoms with Crippen molar-refractivity contribution >= 4 is 17.4 Å². The summed E-state index contributed by atoms with van der Waals surface area (Å²) >= 11 is 0. The normalized spacial score (nSPS) is 16.7. The molecule has 0 aliphatic carbocycles. The molecule has 0 saturated carbocycles. The number of carbonyl (C=O) groups excluding carboxylic acids is 2. The first-order valence-corrected chi connectivity index (χ1v) is 8.89. The lowest BCUT2D eigenvalue weighted by atomic mass is 10.1. The fourth-order valence-corrected chi connectivity index (χ4v) is 2.83. The molecule has 5 heteroatoms. The van der Waals surface area contributed by atoms with Crippen LogP contribution < -0.4 is 10.1 Å². The van der Waals surface area contributed by atoms with Gasteiger partial charge in [-0.15, -0.1) is 0 Å². The summed E-state index contributed by atoms with van der Waals surface area (Å²) in [6.45, 7) is 3.12. The van der Waals surface area contributed by atoms with Crippen molar-refractivity contribution in [3.63, 3.8) is 0 Å². The molecule has 1 amide bonds. The molecule has 0 unspecified atom stereocenters. The van der Waals surface area contributed by atoms with Crippen molar-refractivity contribution in [3.05, 3.63) is 59.7 Å². The van der Waals surface area contributed by atoms with Gasteiger partial charge in [0.2, 0.25) is 0 Å². The van der Waals surface area contributed by atoms with Crippen LogP contribution >= 0.6 is 0 Å². The van der Waals surface area contributed by atoms with Gasteiger partial charge in [0.15, 0.2) is 0 Å². The number of para-hydroxylation sites is 2. The van der Waals surface area contributed by atoms with Crippen molar-refractivity contribution in [3.8, 4) is 5.75 Å². The maximum Gasteiger partial charge on any atom is 0.296 e. The van der Waals surface area contributed by atoms with Gasteiger partial charge in [-0.3, -0.25) is 9.59 Å². The van der Waals surface area contributed by atoms with Gasteiger partial charge in [0, 0.05) is 12.2 Å². The molecule has 26 heavy (non-hydrogen) atoms. The molecule has 1 fully saturated rings. The number of amides is 1. The third kappa shape index (κ3) is 4.70. The number of hydrogen-bond donors (Lipinski definition) is 1. The van der Waals surface area contributed by atoms with Crippen LogP contribution in [0.3, 0.4) is 0 Å². The van der Waals surface area contributed by atoms with E-state index < -0.39 is 11.7 Å². The monoisotopic (exact) mass is 353 g/mol. The smallest absolute Gasteiger partial charge is 0.296 e. The molecule has 5 nitrogen and oxygen atoms in total. The van der Waals surface area contributed by atoms with Gasteiger partial charge in [-0.25, -0.2) is 0 Å².